The fraction of sp³-hybridized carbons (Fsp3) is 0.0769. The van der Waals surface area contributed by atoms with Crippen molar-refractivity contribution in [3.05, 3.63) is 36.7 Å². The maximum Gasteiger partial charge on any atom is 0.119 e. The van der Waals surface area contributed by atoms with Crippen molar-refractivity contribution in [3.8, 4) is 0 Å². The summed E-state index contributed by atoms with van der Waals surface area (Å²) in [6.45, 7) is 1.90. The minimum absolute atomic E-state index is 0.705. The second-order valence-corrected chi connectivity index (χ2v) is 4.22. The highest BCUT2D eigenvalue weighted by Crippen LogP contribution is 2.27. The molecule has 1 aromatic carbocycles. The van der Waals surface area contributed by atoms with Gasteiger partial charge in [0.05, 0.1) is 5.69 Å². The largest absolute Gasteiger partial charge is 0.251 e. The third-order valence-electron chi connectivity index (χ3n) is 2.96. The molecule has 6 nitrogen and oxygen atoms in total. The molecule has 0 atom stereocenters. The molecule has 0 amide bonds. The van der Waals surface area contributed by atoms with E-state index in [1.54, 1.807) is 31.0 Å². The van der Waals surface area contributed by atoms with E-state index in [2.05, 4.69) is 29.9 Å². The molecule has 0 saturated carbocycles. The molecule has 0 bridgehead atoms. The van der Waals surface area contributed by atoms with E-state index in [-0.39, 0.29) is 0 Å². The maximum atomic E-state index is 4.52. The van der Waals surface area contributed by atoms with Gasteiger partial charge in [0.1, 0.15) is 33.1 Å². The number of hydrogen-bond acceptors (Lipinski definition) is 6. The van der Waals surface area contributed by atoms with Gasteiger partial charge < -0.3 is 0 Å². The lowest BCUT2D eigenvalue weighted by Crippen LogP contribution is -1.96. The average molecular weight is 248 g/mol. The van der Waals surface area contributed by atoms with Crippen LogP contribution in [0.2, 0.25) is 0 Å². The molecule has 3 aromatic heterocycles. The summed E-state index contributed by atoms with van der Waals surface area (Å²) in [5, 5.41) is 0. The minimum atomic E-state index is 0.705. The smallest absolute Gasteiger partial charge is 0.119 e. The van der Waals surface area contributed by atoms with Gasteiger partial charge in [-0.15, -0.1) is 0 Å². The Hall–Kier alpha value is -2.76. The molecule has 90 valence electrons. The summed E-state index contributed by atoms with van der Waals surface area (Å²) < 4.78 is 0. The number of nitrogens with zero attached hydrogens (tertiary/aromatic N) is 6. The van der Waals surface area contributed by atoms with Crippen molar-refractivity contribution in [1.82, 2.24) is 29.9 Å². The summed E-state index contributed by atoms with van der Waals surface area (Å²) >= 11 is 0. The predicted molar refractivity (Wildman–Crippen MR) is 70.5 cm³/mol. The third kappa shape index (κ3) is 1.36. The van der Waals surface area contributed by atoms with Crippen molar-refractivity contribution in [2.75, 3.05) is 0 Å². The van der Waals surface area contributed by atoms with E-state index >= 15 is 0 Å². The topological polar surface area (TPSA) is 77.3 Å². The van der Waals surface area contributed by atoms with Gasteiger partial charge in [-0.1, -0.05) is 0 Å². The van der Waals surface area contributed by atoms with Crippen LogP contribution in [0.1, 0.15) is 5.69 Å². The Balaban J connectivity index is 2.43. The second-order valence-electron chi connectivity index (χ2n) is 4.22. The van der Waals surface area contributed by atoms with Crippen LogP contribution in [-0.2, 0) is 0 Å². The lowest BCUT2D eigenvalue weighted by Gasteiger charge is -2.05. The highest BCUT2D eigenvalue weighted by molar-refractivity contribution is 6.17. The molecule has 0 fully saturated rings. The van der Waals surface area contributed by atoms with E-state index in [0.29, 0.717) is 27.6 Å². The van der Waals surface area contributed by atoms with Gasteiger partial charge in [0.2, 0.25) is 0 Å². The first kappa shape index (κ1) is 10.2. The fourth-order valence-electron chi connectivity index (χ4n) is 2.18. The van der Waals surface area contributed by atoms with Gasteiger partial charge in [0.25, 0.3) is 0 Å². The first-order valence-electron chi connectivity index (χ1n) is 5.81. The number of fused-ring (bicyclic) bond motifs is 6. The minimum Gasteiger partial charge on any atom is -0.251 e. The fourth-order valence-corrected chi connectivity index (χ4v) is 2.18. The van der Waals surface area contributed by atoms with Crippen LogP contribution in [0.25, 0.3) is 33.1 Å². The molecule has 3 heterocycles. The zero-order valence-corrected chi connectivity index (χ0v) is 10.1. The SMILES string of the molecule is Cc1cnc2c3nccnc3c3nccnc3c2n1. The molecule has 4 aromatic rings. The molecule has 19 heavy (non-hydrogen) atoms. The van der Waals surface area contributed by atoms with Crippen LogP contribution in [-0.4, -0.2) is 29.9 Å². The third-order valence-corrected chi connectivity index (χ3v) is 2.96. The van der Waals surface area contributed by atoms with Gasteiger partial charge >= 0.3 is 0 Å². The normalized spacial score (nSPS) is 11.4. The first-order valence-corrected chi connectivity index (χ1v) is 5.81. The molecule has 6 heteroatoms. The Kier molecular flexibility index (Phi) is 1.94. The Morgan fingerprint density at radius 1 is 0.579 bits per heavy atom. The van der Waals surface area contributed by atoms with Crippen LogP contribution < -0.4 is 0 Å². The summed E-state index contributed by atoms with van der Waals surface area (Å²) in [4.78, 5) is 26.4. The van der Waals surface area contributed by atoms with Crippen LogP contribution >= 0.6 is 0 Å². The molecule has 0 aliphatic carbocycles. The van der Waals surface area contributed by atoms with Crippen LogP contribution in [0, 0.1) is 6.92 Å². The van der Waals surface area contributed by atoms with Crippen LogP contribution in [0.5, 0.6) is 0 Å². The number of rotatable bonds is 0. The zero-order valence-electron chi connectivity index (χ0n) is 10.1. The highest BCUT2D eigenvalue weighted by Gasteiger charge is 2.13. The van der Waals surface area contributed by atoms with Crippen molar-refractivity contribution in [3.63, 3.8) is 0 Å². The Labute approximate surface area is 107 Å². The predicted octanol–water partition coefficient (Wildman–Crippen LogP) is 1.82. The monoisotopic (exact) mass is 248 g/mol. The second kappa shape index (κ2) is 3.61. The van der Waals surface area contributed by atoms with Crippen molar-refractivity contribution < 1.29 is 0 Å². The van der Waals surface area contributed by atoms with Gasteiger partial charge in [-0.3, -0.25) is 24.9 Å². The van der Waals surface area contributed by atoms with Gasteiger partial charge in [0, 0.05) is 31.0 Å². The van der Waals surface area contributed by atoms with E-state index in [1.807, 2.05) is 6.92 Å². The Morgan fingerprint density at radius 3 is 1.53 bits per heavy atom. The van der Waals surface area contributed by atoms with E-state index in [4.69, 9.17) is 0 Å². The molecule has 0 radical (unpaired) electrons. The van der Waals surface area contributed by atoms with Crippen molar-refractivity contribution in [1.29, 1.82) is 0 Å². The highest BCUT2D eigenvalue weighted by atomic mass is 14.9. The van der Waals surface area contributed by atoms with Gasteiger partial charge in [-0.2, -0.15) is 0 Å². The van der Waals surface area contributed by atoms with Crippen molar-refractivity contribution in [2.45, 2.75) is 6.92 Å². The average Bonchev–Trinajstić information content (AvgIpc) is 2.47. The summed E-state index contributed by atoms with van der Waals surface area (Å²) in [7, 11) is 0. The van der Waals surface area contributed by atoms with Gasteiger partial charge in [0.15, 0.2) is 0 Å². The maximum absolute atomic E-state index is 4.52. The van der Waals surface area contributed by atoms with Crippen molar-refractivity contribution in [2.24, 2.45) is 0 Å². The number of aryl methyl sites for hydroxylation is 1. The summed E-state index contributed by atoms with van der Waals surface area (Å²) in [5.41, 5.74) is 5.09. The molecule has 0 aliphatic rings. The lowest BCUT2D eigenvalue weighted by molar-refractivity contribution is 1.18. The van der Waals surface area contributed by atoms with E-state index in [9.17, 15) is 0 Å². The molecule has 0 spiro atoms. The van der Waals surface area contributed by atoms with Gasteiger partial charge in [-0.05, 0) is 6.92 Å². The molecule has 0 unspecified atom stereocenters. The molecular weight excluding hydrogens is 240 g/mol. The quantitative estimate of drug-likeness (QED) is 0.442. The Morgan fingerprint density at radius 2 is 1.00 bits per heavy atom. The van der Waals surface area contributed by atoms with Crippen LogP contribution in [0.15, 0.2) is 31.0 Å². The molecular formula is C13H8N6. The van der Waals surface area contributed by atoms with Crippen molar-refractivity contribution >= 4 is 33.1 Å². The van der Waals surface area contributed by atoms with Gasteiger partial charge in [-0.25, -0.2) is 4.98 Å². The van der Waals surface area contributed by atoms with E-state index in [1.165, 1.54) is 0 Å². The molecule has 0 aliphatic heterocycles. The van der Waals surface area contributed by atoms with Crippen LogP contribution in [0.4, 0.5) is 0 Å². The number of aromatic nitrogens is 6. The standard InChI is InChI=1S/C13H8N6/c1-7-6-18-12-10-8(14-2-3-16-10)9-11(13(12)19-7)17-5-4-15-9/h2-6H,1H3. The first-order chi connectivity index (χ1) is 9.34. The number of benzene rings is 1. The molecule has 0 saturated heterocycles. The van der Waals surface area contributed by atoms with Crippen LogP contribution in [0.3, 0.4) is 0 Å². The summed E-state index contributed by atoms with van der Waals surface area (Å²) in [6, 6.07) is 0. The van der Waals surface area contributed by atoms with E-state index < -0.39 is 0 Å². The lowest BCUT2D eigenvalue weighted by atomic mass is 10.2. The van der Waals surface area contributed by atoms with E-state index in [0.717, 1.165) is 11.2 Å². The zero-order chi connectivity index (χ0) is 12.8. The Bertz CT molecular complexity index is 899. The molecule has 0 N–H and O–H groups in total. The molecule has 4 rings (SSSR count). The summed E-state index contributed by atoms with van der Waals surface area (Å²) in [5.74, 6) is 0. The summed E-state index contributed by atoms with van der Waals surface area (Å²) in [6.07, 6.45) is 8.30. The number of hydrogen-bond donors (Lipinski definition) is 0.